The van der Waals surface area contributed by atoms with Crippen LogP contribution in [0, 0.1) is 12.7 Å². The van der Waals surface area contributed by atoms with Crippen molar-refractivity contribution in [1.82, 2.24) is 0 Å². The zero-order chi connectivity index (χ0) is 6.85. The summed E-state index contributed by atoms with van der Waals surface area (Å²) in [6, 6.07) is 4.75. The molecule has 0 bridgehead atoms. The number of hydrogen-bond acceptors (Lipinski definition) is 0. The zero-order valence-corrected chi connectivity index (χ0v) is 5.19. The molecule has 1 aromatic carbocycles. The van der Waals surface area contributed by atoms with Gasteiger partial charge in [0.15, 0.2) is 0 Å². The van der Waals surface area contributed by atoms with E-state index < -0.39 is 0 Å². The fourth-order valence-electron chi connectivity index (χ4n) is 0.632. The average molecular weight is 120 g/mol. The van der Waals surface area contributed by atoms with E-state index in [2.05, 4.69) is 0 Å². The van der Waals surface area contributed by atoms with Crippen LogP contribution in [0.15, 0.2) is 18.2 Å². The summed E-state index contributed by atoms with van der Waals surface area (Å²) in [6.45, 7) is 1.82. The Kier molecular flexibility index (Phi) is 1.56. The van der Waals surface area contributed by atoms with Gasteiger partial charge in [0.1, 0.15) is 13.7 Å². The molecule has 0 unspecified atom stereocenters. The fraction of sp³-hybridized carbons (Fsp3) is 0.143. The molecule has 2 heteroatoms. The second-order valence-corrected chi connectivity index (χ2v) is 2.02. The molecule has 0 saturated heterocycles. The molecule has 1 aromatic rings. The van der Waals surface area contributed by atoms with Gasteiger partial charge in [-0.2, -0.15) is 0 Å². The van der Waals surface area contributed by atoms with Crippen LogP contribution < -0.4 is 5.46 Å². The SMILES string of the molecule is [B]c1ccc(C)cc1F. The van der Waals surface area contributed by atoms with Gasteiger partial charge < -0.3 is 0 Å². The summed E-state index contributed by atoms with van der Waals surface area (Å²) in [5.74, 6) is -0.338. The topological polar surface area (TPSA) is 0 Å². The van der Waals surface area contributed by atoms with E-state index in [9.17, 15) is 4.39 Å². The van der Waals surface area contributed by atoms with Crippen molar-refractivity contribution in [3.63, 3.8) is 0 Å². The Hall–Kier alpha value is -0.785. The molecule has 0 amide bonds. The fourth-order valence-corrected chi connectivity index (χ4v) is 0.632. The Morgan fingerprint density at radius 2 is 2.11 bits per heavy atom. The van der Waals surface area contributed by atoms with E-state index in [1.165, 1.54) is 6.07 Å². The molecule has 0 saturated carbocycles. The second kappa shape index (κ2) is 2.22. The number of rotatable bonds is 0. The highest BCUT2D eigenvalue weighted by atomic mass is 19.1. The molecule has 0 atom stereocenters. The quantitative estimate of drug-likeness (QED) is 0.446. The van der Waals surface area contributed by atoms with E-state index in [-0.39, 0.29) is 11.3 Å². The molecule has 2 radical (unpaired) electrons. The lowest BCUT2D eigenvalue weighted by Gasteiger charge is -1.95. The average Bonchev–Trinajstić information content (AvgIpc) is 1.80. The lowest BCUT2D eigenvalue weighted by atomic mass is 9.95. The molecular formula is C7H6BF. The Morgan fingerprint density at radius 3 is 2.56 bits per heavy atom. The first-order valence-electron chi connectivity index (χ1n) is 2.72. The minimum absolute atomic E-state index is 0.209. The third-order valence-corrected chi connectivity index (χ3v) is 1.16. The summed E-state index contributed by atoms with van der Waals surface area (Å²) in [4.78, 5) is 0. The van der Waals surface area contributed by atoms with Crippen molar-refractivity contribution >= 4 is 13.3 Å². The Labute approximate surface area is 55.1 Å². The van der Waals surface area contributed by atoms with Crippen LogP contribution in [0.1, 0.15) is 5.56 Å². The van der Waals surface area contributed by atoms with Crippen molar-refractivity contribution < 1.29 is 4.39 Å². The van der Waals surface area contributed by atoms with Crippen molar-refractivity contribution in [3.05, 3.63) is 29.6 Å². The van der Waals surface area contributed by atoms with Crippen LogP contribution in [0.5, 0.6) is 0 Å². The summed E-state index contributed by atoms with van der Waals surface area (Å²) in [5, 5.41) is 0. The minimum Gasteiger partial charge on any atom is -0.208 e. The van der Waals surface area contributed by atoms with Gasteiger partial charge in [0.05, 0.1) is 0 Å². The molecule has 0 aliphatic heterocycles. The molecule has 9 heavy (non-hydrogen) atoms. The lowest BCUT2D eigenvalue weighted by Crippen LogP contribution is -2.06. The first-order valence-corrected chi connectivity index (χ1v) is 2.72. The Morgan fingerprint density at radius 1 is 1.44 bits per heavy atom. The van der Waals surface area contributed by atoms with Gasteiger partial charge in [0, 0.05) is 0 Å². The second-order valence-electron chi connectivity index (χ2n) is 2.02. The van der Waals surface area contributed by atoms with E-state index in [0.717, 1.165) is 5.56 Å². The zero-order valence-electron chi connectivity index (χ0n) is 5.19. The van der Waals surface area contributed by atoms with Crippen molar-refractivity contribution in [2.45, 2.75) is 6.92 Å². The summed E-state index contributed by atoms with van der Waals surface area (Å²) < 4.78 is 12.5. The molecule has 0 aromatic heterocycles. The van der Waals surface area contributed by atoms with Gasteiger partial charge in [0.2, 0.25) is 0 Å². The van der Waals surface area contributed by atoms with Crippen LogP contribution in [0.3, 0.4) is 0 Å². The van der Waals surface area contributed by atoms with Crippen LogP contribution in [0.2, 0.25) is 0 Å². The predicted octanol–water partition coefficient (Wildman–Crippen LogP) is 0.928. The molecule has 0 heterocycles. The standard InChI is InChI=1S/C7H6BF/c1-5-2-3-6(8)7(9)4-5/h2-4H,1H3. The molecule has 0 nitrogen and oxygen atoms in total. The molecule has 0 spiro atoms. The number of aryl methyl sites for hydroxylation is 1. The van der Waals surface area contributed by atoms with Gasteiger partial charge in [-0.3, -0.25) is 0 Å². The Balaban J connectivity index is 3.17. The first-order chi connectivity index (χ1) is 4.20. The molecule has 0 aliphatic rings. The van der Waals surface area contributed by atoms with E-state index >= 15 is 0 Å². The van der Waals surface area contributed by atoms with E-state index in [0.29, 0.717) is 0 Å². The van der Waals surface area contributed by atoms with Crippen molar-refractivity contribution in [3.8, 4) is 0 Å². The van der Waals surface area contributed by atoms with Crippen LogP contribution in [-0.2, 0) is 0 Å². The third kappa shape index (κ3) is 1.32. The van der Waals surface area contributed by atoms with Gasteiger partial charge in [-0.25, -0.2) is 4.39 Å². The van der Waals surface area contributed by atoms with Gasteiger partial charge >= 0.3 is 0 Å². The van der Waals surface area contributed by atoms with Crippen LogP contribution in [0.25, 0.3) is 0 Å². The molecular weight excluding hydrogens is 114 g/mol. The van der Waals surface area contributed by atoms with Crippen LogP contribution in [-0.4, -0.2) is 7.85 Å². The van der Waals surface area contributed by atoms with Gasteiger partial charge in [0.25, 0.3) is 0 Å². The van der Waals surface area contributed by atoms with Crippen LogP contribution in [0.4, 0.5) is 4.39 Å². The van der Waals surface area contributed by atoms with E-state index in [4.69, 9.17) is 7.85 Å². The monoisotopic (exact) mass is 120 g/mol. The Bertz CT molecular complexity index is 220. The van der Waals surface area contributed by atoms with E-state index in [1.54, 1.807) is 12.1 Å². The maximum absolute atomic E-state index is 12.5. The van der Waals surface area contributed by atoms with Gasteiger partial charge in [-0.1, -0.05) is 17.6 Å². The first kappa shape index (κ1) is 6.34. The number of hydrogen-bond donors (Lipinski definition) is 0. The van der Waals surface area contributed by atoms with Crippen molar-refractivity contribution in [1.29, 1.82) is 0 Å². The summed E-state index contributed by atoms with van der Waals surface area (Å²) in [7, 11) is 5.21. The van der Waals surface area contributed by atoms with Crippen LogP contribution >= 0.6 is 0 Å². The number of halogens is 1. The molecule has 0 N–H and O–H groups in total. The molecule has 0 fully saturated rings. The molecule has 44 valence electrons. The highest BCUT2D eigenvalue weighted by molar-refractivity contribution is 6.32. The smallest absolute Gasteiger partial charge is 0.117 e. The van der Waals surface area contributed by atoms with Crippen molar-refractivity contribution in [2.75, 3.05) is 0 Å². The van der Waals surface area contributed by atoms with Gasteiger partial charge in [-0.15, -0.1) is 0 Å². The maximum Gasteiger partial charge on any atom is 0.117 e. The van der Waals surface area contributed by atoms with Gasteiger partial charge in [-0.05, 0) is 18.6 Å². The van der Waals surface area contributed by atoms with Crippen molar-refractivity contribution in [2.24, 2.45) is 0 Å². The molecule has 1 rings (SSSR count). The predicted molar refractivity (Wildman–Crippen MR) is 36.5 cm³/mol. The third-order valence-electron chi connectivity index (χ3n) is 1.16. The van der Waals surface area contributed by atoms with E-state index in [1.807, 2.05) is 6.92 Å². The summed E-state index contributed by atoms with van der Waals surface area (Å²) in [6.07, 6.45) is 0. The minimum atomic E-state index is -0.338. The summed E-state index contributed by atoms with van der Waals surface area (Å²) >= 11 is 0. The highest BCUT2D eigenvalue weighted by Crippen LogP contribution is 1.97. The number of benzene rings is 1. The highest BCUT2D eigenvalue weighted by Gasteiger charge is 1.92. The largest absolute Gasteiger partial charge is 0.208 e. The normalized spacial score (nSPS) is 9.56. The summed E-state index contributed by atoms with van der Waals surface area (Å²) in [5.41, 5.74) is 1.10. The lowest BCUT2D eigenvalue weighted by molar-refractivity contribution is 0.635. The maximum atomic E-state index is 12.5. The molecule has 0 aliphatic carbocycles.